The van der Waals surface area contributed by atoms with Crippen molar-refractivity contribution in [2.75, 3.05) is 27.4 Å². The fourth-order valence-corrected chi connectivity index (χ4v) is 3.12. The van der Waals surface area contributed by atoms with Crippen molar-refractivity contribution in [2.24, 2.45) is 5.73 Å². The van der Waals surface area contributed by atoms with Crippen molar-refractivity contribution in [3.63, 3.8) is 0 Å². The Hall–Kier alpha value is -0.860. The van der Waals surface area contributed by atoms with E-state index < -0.39 is 10.0 Å². The Bertz CT molecular complexity index is 534. The Labute approximate surface area is 117 Å². The zero-order chi connectivity index (χ0) is 14.5. The van der Waals surface area contributed by atoms with E-state index in [0.29, 0.717) is 5.56 Å². The van der Waals surface area contributed by atoms with Crippen molar-refractivity contribution in [3.8, 4) is 5.75 Å². The number of hydrogen-bond donors (Lipinski definition) is 2. The lowest BCUT2D eigenvalue weighted by Crippen LogP contribution is -2.27. The summed E-state index contributed by atoms with van der Waals surface area (Å²) in [7, 11) is -0.853. The molecule has 0 saturated heterocycles. The smallest absolute Gasteiger partial charge is 0.244 e. The van der Waals surface area contributed by atoms with Crippen LogP contribution in [0.3, 0.4) is 0 Å². The van der Waals surface area contributed by atoms with Gasteiger partial charge in [0.05, 0.1) is 13.7 Å². The summed E-state index contributed by atoms with van der Waals surface area (Å²) in [6.07, 6.45) is 0. The molecule has 0 aliphatic rings. The number of ether oxygens (including phenoxy) is 2. The molecule has 8 heteroatoms. The molecular weight excluding hydrogens is 292 g/mol. The summed E-state index contributed by atoms with van der Waals surface area (Å²) in [4.78, 5) is -0.0287. The number of halogens is 1. The van der Waals surface area contributed by atoms with Gasteiger partial charge in [-0.1, -0.05) is 11.6 Å². The molecule has 6 nitrogen and oxygen atoms in total. The molecule has 0 unspecified atom stereocenters. The maximum atomic E-state index is 12.2. The van der Waals surface area contributed by atoms with Crippen LogP contribution in [0.25, 0.3) is 0 Å². The van der Waals surface area contributed by atoms with Crippen LogP contribution in [0.15, 0.2) is 17.0 Å². The molecule has 0 atom stereocenters. The van der Waals surface area contributed by atoms with E-state index in [4.69, 9.17) is 26.8 Å². The molecule has 108 valence electrons. The largest absolute Gasteiger partial charge is 0.495 e. The van der Waals surface area contributed by atoms with E-state index in [1.165, 1.54) is 20.3 Å². The first kappa shape index (κ1) is 16.2. The molecule has 0 heterocycles. The zero-order valence-electron chi connectivity index (χ0n) is 10.8. The lowest BCUT2D eigenvalue weighted by Gasteiger charge is -2.14. The van der Waals surface area contributed by atoms with Gasteiger partial charge in [0.15, 0.2) is 0 Å². The molecule has 1 rings (SSSR count). The summed E-state index contributed by atoms with van der Waals surface area (Å²) in [5.74, 6) is 0.205. The van der Waals surface area contributed by atoms with Crippen molar-refractivity contribution < 1.29 is 17.9 Å². The molecule has 3 N–H and O–H groups in total. The van der Waals surface area contributed by atoms with Gasteiger partial charge in [-0.25, -0.2) is 13.1 Å². The van der Waals surface area contributed by atoms with Crippen LogP contribution in [-0.4, -0.2) is 35.8 Å². The predicted octanol–water partition coefficient (Wildman–Crippen LogP) is 0.732. The summed E-state index contributed by atoms with van der Waals surface area (Å²) >= 11 is 5.90. The Morgan fingerprint density at radius 1 is 1.37 bits per heavy atom. The van der Waals surface area contributed by atoms with E-state index >= 15 is 0 Å². The first-order valence-electron chi connectivity index (χ1n) is 5.51. The third-order valence-electron chi connectivity index (χ3n) is 2.41. The van der Waals surface area contributed by atoms with Crippen LogP contribution in [-0.2, 0) is 21.3 Å². The maximum absolute atomic E-state index is 12.2. The van der Waals surface area contributed by atoms with E-state index in [9.17, 15) is 8.42 Å². The van der Waals surface area contributed by atoms with E-state index in [2.05, 4.69) is 4.72 Å². The summed E-state index contributed by atoms with van der Waals surface area (Å²) < 4.78 is 36.6. The van der Waals surface area contributed by atoms with Crippen molar-refractivity contribution in [3.05, 3.63) is 22.7 Å². The minimum Gasteiger partial charge on any atom is -0.495 e. The Morgan fingerprint density at radius 3 is 2.58 bits per heavy atom. The van der Waals surface area contributed by atoms with Crippen LogP contribution in [0.1, 0.15) is 5.56 Å². The Morgan fingerprint density at radius 2 is 2.05 bits per heavy atom. The Kier molecular flexibility index (Phi) is 6.02. The van der Waals surface area contributed by atoms with Crippen molar-refractivity contribution in [2.45, 2.75) is 11.4 Å². The number of hydrogen-bond acceptors (Lipinski definition) is 5. The summed E-state index contributed by atoms with van der Waals surface area (Å²) in [5.41, 5.74) is 6.08. The predicted molar refractivity (Wildman–Crippen MR) is 73.0 cm³/mol. The van der Waals surface area contributed by atoms with Gasteiger partial charge in [-0.05, 0) is 12.1 Å². The van der Waals surface area contributed by atoms with Crippen LogP contribution >= 0.6 is 11.6 Å². The van der Waals surface area contributed by atoms with Crippen LogP contribution in [0.2, 0.25) is 5.02 Å². The van der Waals surface area contributed by atoms with Gasteiger partial charge in [0.2, 0.25) is 10.0 Å². The zero-order valence-corrected chi connectivity index (χ0v) is 12.3. The van der Waals surface area contributed by atoms with E-state index in [1.807, 2.05) is 0 Å². The van der Waals surface area contributed by atoms with Gasteiger partial charge >= 0.3 is 0 Å². The second-order valence-corrected chi connectivity index (χ2v) is 5.86. The standard InChI is InChI=1S/C11H17ClN2O4S/c1-17-4-3-14-19(15,16)10-6-9(12)5-8(7-13)11(10)18-2/h5-6,14H,3-4,7,13H2,1-2H3. The minimum atomic E-state index is -3.73. The van der Waals surface area contributed by atoms with Crippen LogP contribution in [0.5, 0.6) is 5.75 Å². The van der Waals surface area contributed by atoms with Gasteiger partial charge in [-0.3, -0.25) is 0 Å². The first-order valence-corrected chi connectivity index (χ1v) is 7.37. The fourth-order valence-electron chi connectivity index (χ4n) is 1.56. The number of methoxy groups -OCH3 is 2. The number of nitrogens with one attached hydrogen (secondary N) is 1. The lowest BCUT2D eigenvalue weighted by molar-refractivity contribution is 0.204. The molecule has 1 aromatic rings. The third kappa shape index (κ3) is 4.05. The highest BCUT2D eigenvalue weighted by atomic mass is 35.5. The quantitative estimate of drug-likeness (QED) is 0.725. The lowest BCUT2D eigenvalue weighted by atomic mass is 10.2. The Balaban J connectivity index is 3.21. The van der Waals surface area contributed by atoms with Crippen molar-refractivity contribution in [1.29, 1.82) is 0 Å². The molecule has 0 radical (unpaired) electrons. The monoisotopic (exact) mass is 308 g/mol. The topological polar surface area (TPSA) is 90.7 Å². The van der Waals surface area contributed by atoms with E-state index in [0.717, 1.165) is 0 Å². The fraction of sp³-hybridized carbons (Fsp3) is 0.455. The van der Waals surface area contributed by atoms with Gasteiger partial charge in [0, 0.05) is 30.8 Å². The molecule has 0 aliphatic carbocycles. The second-order valence-electron chi connectivity index (χ2n) is 3.69. The average molecular weight is 309 g/mol. The highest BCUT2D eigenvalue weighted by Crippen LogP contribution is 2.31. The van der Waals surface area contributed by atoms with Crippen LogP contribution < -0.4 is 15.2 Å². The molecule has 0 amide bonds. The SMILES string of the molecule is COCCNS(=O)(=O)c1cc(Cl)cc(CN)c1OC. The van der Waals surface area contributed by atoms with E-state index in [-0.39, 0.29) is 35.4 Å². The number of nitrogens with two attached hydrogens (primary N) is 1. The van der Waals surface area contributed by atoms with Gasteiger partial charge in [-0.2, -0.15) is 0 Å². The maximum Gasteiger partial charge on any atom is 0.244 e. The highest BCUT2D eigenvalue weighted by Gasteiger charge is 2.22. The summed E-state index contributed by atoms with van der Waals surface area (Å²) in [6.45, 7) is 0.558. The molecule has 1 aromatic carbocycles. The second kappa shape index (κ2) is 7.06. The normalized spacial score (nSPS) is 11.6. The molecule has 0 aliphatic heterocycles. The van der Waals surface area contributed by atoms with Crippen molar-refractivity contribution in [1.82, 2.24) is 4.72 Å². The average Bonchev–Trinajstić information content (AvgIpc) is 2.37. The van der Waals surface area contributed by atoms with Gasteiger partial charge < -0.3 is 15.2 Å². The first-order chi connectivity index (χ1) is 8.96. The van der Waals surface area contributed by atoms with Crippen LogP contribution in [0, 0.1) is 0 Å². The highest BCUT2D eigenvalue weighted by molar-refractivity contribution is 7.89. The molecule has 19 heavy (non-hydrogen) atoms. The number of rotatable bonds is 7. The molecule has 0 fully saturated rings. The molecule has 0 saturated carbocycles. The summed E-state index contributed by atoms with van der Waals surface area (Å²) in [6, 6.07) is 2.91. The number of benzene rings is 1. The van der Waals surface area contributed by atoms with E-state index in [1.54, 1.807) is 6.07 Å². The molecular formula is C11H17ClN2O4S. The van der Waals surface area contributed by atoms with Gasteiger partial charge in [0.1, 0.15) is 10.6 Å². The third-order valence-corrected chi connectivity index (χ3v) is 4.09. The molecule has 0 spiro atoms. The number of sulfonamides is 1. The van der Waals surface area contributed by atoms with Crippen molar-refractivity contribution >= 4 is 21.6 Å². The minimum absolute atomic E-state index is 0.0287. The van der Waals surface area contributed by atoms with Crippen LogP contribution in [0.4, 0.5) is 0 Å². The summed E-state index contributed by atoms with van der Waals surface area (Å²) in [5, 5.41) is 0.286. The molecule has 0 aromatic heterocycles. The molecule has 0 bridgehead atoms. The van der Waals surface area contributed by atoms with Gasteiger partial charge in [0.25, 0.3) is 0 Å². The van der Waals surface area contributed by atoms with Gasteiger partial charge in [-0.15, -0.1) is 0 Å².